The van der Waals surface area contributed by atoms with Crippen LogP contribution in [0.2, 0.25) is 5.02 Å². The molecule has 0 saturated heterocycles. The molecule has 0 aliphatic rings. The summed E-state index contributed by atoms with van der Waals surface area (Å²) in [4.78, 5) is 29.3. The van der Waals surface area contributed by atoms with Gasteiger partial charge in [-0.15, -0.1) is 0 Å². The van der Waals surface area contributed by atoms with E-state index in [0.29, 0.717) is 22.8 Å². The van der Waals surface area contributed by atoms with Crippen molar-refractivity contribution < 1.29 is 18.0 Å². The van der Waals surface area contributed by atoms with Gasteiger partial charge >= 0.3 is 0 Å². The largest absolute Gasteiger partial charge is 0.355 e. The molecule has 0 bridgehead atoms. The van der Waals surface area contributed by atoms with E-state index in [0.717, 1.165) is 13.4 Å². The van der Waals surface area contributed by atoms with Crippen LogP contribution in [0.4, 0.5) is 5.69 Å². The van der Waals surface area contributed by atoms with E-state index in [-0.39, 0.29) is 23.8 Å². The van der Waals surface area contributed by atoms with Gasteiger partial charge in [-0.1, -0.05) is 78.3 Å². The summed E-state index contributed by atoms with van der Waals surface area (Å²) in [5, 5.41) is 3.29. The quantitative estimate of drug-likeness (QED) is 0.185. The second-order valence-electron chi connectivity index (χ2n) is 9.51. The molecule has 1 atom stereocenters. The van der Waals surface area contributed by atoms with Crippen molar-refractivity contribution in [3.63, 3.8) is 0 Å². The smallest absolute Gasteiger partial charge is 0.264 e. The van der Waals surface area contributed by atoms with Crippen molar-refractivity contribution in [1.82, 2.24) is 10.2 Å². The first-order chi connectivity index (χ1) is 20.2. The maximum Gasteiger partial charge on any atom is 0.264 e. The molecule has 0 heterocycles. The molecule has 0 radical (unpaired) electrons. The number of nitrogens with zero attached hydrogens (tertiary/aromatic N) is 2. The average Bonchev–Trinajstić information content (AvgIpc) is 3.00. The maximum absolute atomic E-state index is 14.3. The molecule has 0 fully saturated rings. The fourth-order valence-electron chi connectivity index (χ4n) is 4.51. The summed E-state index contributed by atoms with van der Waals surface area (Å²) in [7, 11) is -4.13. The first-order valence-electron chi connectivity index (χ1n) is 13.4. The van der Waals surface area contributed by atoms with E-state index in [9.17, 15) is 18.0 Å². The lowest BCUT2D eigenvalue weighted by Crippen LogP contribution is -2.53. The second-order valence-corrected chi connectivity index (χ2v) is 13.0. The summed E-state index contributed by atoms with van der Waals surface area (Å²) in [6.07, 6.45) is 0.234. The van der Waals surface area contributed by atoms with Crippen molar-refractivity contribution in [2.75, 3.05) is 17.4 Å². The molecule has 0 aliphatic heterocycles. The van der Waals surface area contributed by atoms with E-state index in [4.69, 9.17) is 11.6 Å². The zero-order chi connectivity index (χ0) is 30.1. The first-order valence-corrected chi connectivity index (χ1v) is 16.3. The Hall–Kier alpha value is -3.41. The maximum atomic E-state index is 14.3. The number of rotatable bonds is 12. The number of likely N-dealkylation sites (N-methyl/N-ethyl adjacent to an activating group) is 1. The lowest BCUT2D eigenvalue weighted by atomic mass is 10.0. The molecule has 0 spiro atoms. The Morgan fingerprint density at radius 2 is 1.45 bits per heavy atom. The molecule has 4 aromatic carbocycles. The van der Waals surface area contributed by atoms with Gasteiger partial charge in [0.25, 0.3) is 10.0 Å². The van der Waals surface area contributed by atoms with Gasteiger partial charge in [0.15, 0.2) is 0 Å². The molecule has 4 aromatic rings. The minimum Gasteiger partial charge on any atom is -0.355 e. The fraction of sp³-hybridized carbons (Fsp3) is 0.188. The van der Waals surface area contributed by atoms with E-state index in [2.05, 4.69) is 27.9 Å². The van der Waals surface area contributed by atoms with E-state index in [1.807, 2.05) is 37.3 Å². The third-order valence-electron chi connectivity index (χ3n) is 6.65. The van der Waals surface area contributed by atoms with Crippen LogP contribution >= 0.6 is 34.2 Å². The van der Waals surface area contributed by atoms with Crippen LogP contribution in [0, 0.1) is 3.57 Å². The van der Waals surface area contributed by atoms with Crippen molar-refractivity contribution in [2.45, 2.75) is 30.8 Å². The highest BCUT2D eigenvalue weighted by atomic mass is 127. The van der Waals surface area contributed by atoms with Crippen molar-refractivity contribution in [1.29, 1.82) is 0 Å². The Kier molecular flexibility index (Phi) is 11.0. The molecule has 0 aliphatic carbocycles. The zero-order valence-corrected chi connectivity index (χ0v) is 26.7. The number of nitrogens with one attached hydrogen (secondary N) is 1. The predicted molar refractivity (Wildman–Crippen MR) is 175 cm³/mol. The van der Waals surface area contributed by atoms with Gasteiger partial charge < -0.3 is 10.2 Å². The van der Waals surface area contributed by atoms with Gasteiger partial charge in [0, 0.05) is 28.1 Å². The normalized spacial score (nSPS) is 11.9. The standard InChI is InChI=1S/C32H31ClIN3O4S/c1-2-35-32(39)30(21-24-11-5-3-6-12-24)36(22-25-13-9-10-16-29(25)33)31(38)23-37(27-19-17-26(34)18-20-27)42(40,41)28-14-7-4-8-15-28/h3-20,30H,2,21-23H2,1H3,(H,35,39). The highest BCUT2D eigenvalue weighted by molar-refractivity contribution is 14.1. The minimum atomic E-state index is -4.13. The molecule has 4 rings (SSSR count). The van der Waals surface area contributed by atoms with Crippen molar-refractivity contribution in [3.05, 3.63) is 129 Å². The summed E-state index contributed by atoms with van der Waals surface area (Å²) in [5.41, 5.74) is 1.83. The number of hydrogen-bond donors (Lipinski definition) is 1. The molecular formula is C32H31ClIN3O4S. The molecule has 10 heteroatoms. The molecule has 7 nitrogen and oxygen atoms in total. The van der Waals surface area contributed by atoms with Crippen LogP contribution in [0.3, 0.4) is 0 Å². The van der Waals surface area contributed by atoms with Gasteiger partial charge in [-0.25, -0.2) is 8.42 Å². The molecular weight excluding hydrogens is 685 g/mol. The highest BCUT2D eigenvalue weighted by Gasteiger charge is 2.34. The van der Waals surface area contributed by atoms with Crippen LogP contribution in [0.1, 0.15) is 18.1 Å². The number of anilines is 1. The van der Waals surface area contributed by atoms with Crippen molar-refractivity contribution >= 4 is 61.7 Å². The Bertz CT molecular complexity index is 1600. The number of benzene rings is 4. The van der Waals surface area contributed by atoms with Crippen molar-refractivity contribution in [3.8, 4) is 0 Å². The molecule has 0 aromatic heterocycles. The Labute approximate surface area is 265 Å². The molecule has 1 unspecified atom stereocenters. The second kappa shape index (κ2) is 14.7. The van der Waals surface area contributed by atoms with Crippen LogP contribution in [0.25, 0.3) is 0 Å². The van der Waals surface area contributed by atoms with E-state index in [1.165, 1.54) is 17.0 Å². The van der Waals surface area contributed by atoms with Gasteiger partial charge in [0.05, 0.1) is 10.6 Å². The Morgan fingerprint density at radius 3 is 2.07 bits per heavy atom. The van der Waals surface area contributed by atoms with Gasteiger partial charge in [-0.2, -0.15) is 0 Å². The summed E-state index contributed by atoms with van der Waals surface area (Å²) < 4.78 is 29.9. The molecule has 1 N–H and O–H groups in total. The number of hydrogen-bond acceptors (Lipinski definition) is 4. The van der Waals surface area contributed by atoms with E-state index >= 15 is 0 Å². The molecule has 42 heavy (non-hydrogen) atoms. The Balaban J connectivity index is 1.79. The SMILES string of the molecule is CCNC(=O)C(Cc1ccccc1)N(Cc1ccccc1Cl)C(=O)CN(c1ccc(I)cc1)S(=O)(=O)c1ccccc1. The summed E-state index contributed by atoms with van der Waals surface area (Å²) in [6.45, 7) is 1.67. The lowest BCUT2D eigenvalue weighted by molar-refractivity contribution is -0.140. The number of amides is 2. The minimum absolute atomic E-state index is 0.0130. The van der Waals surface area contributed by atoms with Crippen LogP contribution in [0.5, 0.6) is 0 Å². The molecule has 218 valence electrons. The number of carbonyl (C=O) groups excluding carboxylic acids is 2. The van der Waals surface area contributed by atoms with Crippen LogP contribution in [-0.4, -0.2) is 44.3 Å². The van der Waals surface area contributed by atoms with E-state index < -0.39 is 28.5 Å². The van der Waals surface area contributed by atoms with Gasteiger partial charge in [-0.3, -0.25) is 13.9 Å². The third-order valence-corrected chi connectivity index (χ3v) is 9.52. The first kappa shape index (κ1) is 31.5. The Morgan fingerprint density at radius 1 is 0.857 bits per heavy atom. The van der Waals surface area contributed by atoms with Crippen LogP contribution in [0.15, 0.2) is 114 Å². The average molecular weight is 716 g/mol. The van der Waals surface area contributed by atoms with Gasteiger partial charge in [0.1, 0.15) is 12.6 Å². The lowest BCUT2D eigenvalue weighted by Gasteiger charge is -2.34. The fourth-order valence-corrected chi connectivity index (χ4v) is 6.50. The van der Waals surface area contributed by atoms with Gasteiger partial charge in [-0.05, 0) is 83.1 Å². The van der Waals surface area contributed by atoms with Crippen LogP contribution in [-0.2, 0) is 32.6 Å². The molecule has 0 saturated carbocycles. The third kappa shape index (κ3) is 7.90. The molecule has 2 amide bonds. The van der Waals surface area contributed by atoms with Crippen molar-refractivity contribution in [2.24, 2.45) is 0 Å². The topological polar surface area (TPSA) is 86.8 Å². The van der Waals surface area contributed by atoms with Crippen LogP contribution < -0.4 is 9.62 Å². The highest BCUT2D eigenvalue weighted by Crippen LogP contribution is 2.26. The number of carbonyl (C=O) groups is 2. The summed E-state index contributed by atoms with van der Waals surface area (Å²) in [6, 6.07) is 30.5. The monoisotopic (exact) mass is 715 g/mol. The van der Waals surface area contributed by atoms with Gasteiger partial charge in [0.2, 0.25) is 11.8 Å². The number of halogens is 2. The zero-order valence-electron chi connectivity index (χ0n) is 23.0. The number of sulfonamides is 1. The summed E-state index contributed by atoms with van der Waals surface area (Å²) in [5.74, 6) is -0.881. The summed E-state index contributed by atoms with van der Waals surface area (Å²) >= 11 is 8.64. The predicted octanol–water partition coefficient (Wildman–Crippen LogP) is 5.92. The van der Waals surface area contributed by atoms with E-state index in [1.54, 1.807) is 66.7 Å².